The van der Waals surface area contributed by atoms with Gasteiger partial charge in [-0.15, -0.1) is 12.3 Å². The highest BCUT2D eigenvalue weighted by atomic mass is 14.9. The Morgan fingerprint density at radius 1 is 1.36 bits per heavy atom. The molecule has 1 nitrogen and oxygen atoms in total. The largest absolute Gasteiger partial charge is 0.312 e. The van der Waals surface area contributed by atoms with Gasteiger partial charge in [-0.25, -0.2) is 0 Å². The van der Waals surface area contributed by atoms with Crippen molar-refractivity contribution in [2.24, 2.45) is 0 Å². The highest BCUT2D eigenvalue weighted by Gasteiger charge is 2.07. The SMILES string of the molecule is C#CCC(NC)c1ccc(C)c(C)c1. The molecule has 1 atom stereocenters. The third kappa shape index (κ3) is 2.37. The van der Waals surface area contributed by atoms with E-state index in [0.717, 1.165) is 6.42 Å². The molecule has 0 amide bonds. The predicted molar refractivity (Wildman–Crippen MR) is 61.2 cm³/mol. The van der Waals surface area contributed by atoms with Gasteiger partial charge in [0.25, 0.3) is 0 Å². The summed E-state index contributed by atoms with van der Waals surface area (Å²) in [5.41, 5.74) is 3.91. The minimum Gasteiger partial charge on any atom is -0.312 e. The number of hydrogen-bond acceptors (Lipinski definition) is 1. The second-order valence-electron chi connectivity index (χ2n) is 3.59. The van der Waals surface area contributed by atoms with Gasteiger partial charge in [-0.05, 0) is 37.6 Å². The van der Waals surface area contributed by atoms with Crippen LogP contribution in [0.2, 0.25) is 0 Å². The Kier molecular flexibility index (Phi) is 3.73. The lowest BCUT2D eigenvalue weighted by atomic mass is 9.99. The van der Waals surface area contributed by atoms with Crippen molar-refractivity contribution < 1.29 is 0 Å². The van der Waals surface area contributed by atoms with Crippen LogP contribution in [0.15, 0.2) is 18.2 Å². The van der Waals surface area contributed by atoms with E-state index in [4.69, 9.17) is 6.42 Å². The fourth-order valence-corrected chi connectivity index (χ4v) is 1.49. The van der Waals surface area contributed by atoms with Crippen molar-refractivity contribution in [2.45, 2.75) is 26.3 Å². The summed E-state index contributed by atoms with van der Waals surface area (Å²) in [6.07, 6.45) is 6.06. The van der Waals surface area contributed by atoms with Crippen LogP contribution < -0.4 is 5.32 Å². The van der Waals surface area contributed by atoms with E-state index >= 15 is 0 Å². The standard InChI is InChI=1S/C13H17N/c1-5-6-13(14-4)12-8-7-10(2)11(3)9-12/h1,7-9,13-14H,6H2,2-4H3. The smallest absolute Gasteiger partial charge is 0.0428 e. The van der Waals surface area contributed by atoms with Gasteiger partial charge < -0.3 is 5.32 Å². The molecule has 0 aromatic heterocycles. The maximum Gasteiger partial charge on any atom is 0.0428 e. The normalized spacial score (nSPS) is 12.1. The van der Waals surface area contributed by atoms with Crippen molar-refractivity contribution in [3.05, 3.63) is 34.9 Å². The molecule has 0 fully saturated rings. The van der Waals surface area contributed by atoms with E-state index in [1.807, 2.05) is 7.05 Å². The van der Waals surface area contributed by atoms with Crippen molar-refractivity contribution in [3.8, 4) is 12.3 Å². The van der Waals surface area contributed by atoms with Gasteiger partial charge in [0.15, 0.2) is 0 Å². The van der Waals surface area contributed by atoms with Crippen LogP contribution in [0.1, 0.15) is 29.2 Å². The molecule has 1 rings (SSSR count). The summed E-state index contributed by atoms with van der Waals surface area (Å²) in [6, 6.07) is 6.76. The second kappa shape index (κ2) is 4.83. The maximum absolute atomic E-state index is 5.32. The maximum atomic E-state index is 5.32. The summed E-state index contributed by atoms with van der Waals surface area (Å²) in [7, 11) is 1.94. The molecule has 0 saturated heterocycles. The van der Waals surface area contributed by atoms with E-state index in [1.54, 1.807) is 0 Å². The molecule has 0 aliphatic carbocycles. The zero-order chi connectivity index (χ0) is 10.6. The minimum absolute atomic E-state index is 0.277. The molecule has 0 radical (unpaired) electrons. The lowest BCUT2D eigenvalue weighted by molar-refractivity contribution is 0.611. The number of rotatable bonds is 3. The predicted octanol–water partition coefficient (Wildman–Crippen LogP) is 2.59. The molecular weight excluding hydrogens is 170 g/mol. The van der Waals surface area contributed by atoms with Gasteiger partial charge in [0, 0.05) is 12.5 Å². The summed E-state index contributed by atoms with van der Waals surface area (Å²) in [6.45, 7) is 4.25. The number of terminal acetylenes is 1. The van der Waals surface area contributed by atoms with Crippen molar-refractivity contribution in [1.29, 1.82) is 0 Å². The van der Waals surface area contributed by atoms with E-state index in [9.17, 15) is 0 Å². The van der Waals surface area contributed by atoms with Gasteiger partial charge in [-0.2, -0.15) is 0 Å². The molecule has 1 aromatic carbocycles. The van der Waals surface area contributed by atoms with Gasteiger partial charge in [-0.3, -0.25) is 0 Å². The van der Waals surface area contributed by atoms with E-state index in [2.05, 4.69) is 43.3 Å². The molecule has 0 saturated carbocycles. The van der Waals surface area contributed by atoms with E-state index in [1.165, 1.54) is 16.7 Å². The first kappa shape index (κ1) is 10.8. The highest BCUT2D eigenvalue weighted by Crippen LogP contribution is 2.18. The summed E-state index contributed by atoms with van der Waals surface area (Å²) < 4.78 is 0. The van der Waals surface area contributed by atoms with Crippen molar-refractivity contribution in [2.75, 3.05) is 7.05 Å². The molecule has 1 unspecified atom stereocenters. The number of nitrogens with one attached hydrogen (secondary N) is 1. The van der Waals surface area contributed by atoms with Gasteiger partial charge in [-0.1, -0.05) is 18.2 Å². The van der Waals surface area contributed by atoms with E-state index in [0.29, 0.717) is 0 Å². The lowest BCUT2D eigenvalue weighted by Crippen LogP contribution is -2.15. The quantitative estimate of drug-likeness (QED) is 0.717. The molecule has 1 aromatic rings. The van der Waals surface area contributed by atoms with Crippen LogP contribution in [0, 0.1) is 26.2 Å². The molecule has 0 spiro atoms. The third-order valence-electron chi connectivity index (χ3n) is 2.60. The average Bonchev–Trinajstić information content (AvgIpc) is 2.19. The zero-order valence-electron chi connectivity index (χ0n) is 9.09. The van der Waals surface area contributed by atoms with Gasteiger partial charge in [0.1, 0.15) is 0 Å². The number of aryl methyl sites for hydroxylation is 2. The van der Waals surface area contributed by atoms with Crippen LogP contribution in [0.4, 0.5) is 0 Å². The topological polar surface area (TPSA) is 12.0 Å². The molecule has 0 heterocycles. The van der Waals surface area contributed by atoms with Crippen LogP contribution in [0.3, 0.4) is 0 Å². The minimum atomic E-state index is 0.277. The monoisotopic (exact) mass is 187 g/mol. The molecule has 74 valence electrons. The Morgan fingerprint density at radius 2 is 2.07 bits per heavy atom. The van der Waals surface area contributed by atoms with Crippen LogP contribution >= 0.6 is 0 Å². The Labute approximate surface area is 86.5 Å². The van der Waals surface area contributed by atoms with Crippen molar-refractivity contribution in [1.82, 2.24) is 5.32 Å². The first-order chi connectivity index (χ1) is 6.69. The van der Waals surface area contributed by atoms with Crippen LogP contribution in [0.25, 0.3) is 0 Å². The average molecular weight is 187 g/mol. The molecule has 0 aliphatic rings. The van der Waals surface area contributed by atoms with Gasteiger partial charge >= 0.3 is 0 Å². The first-order valence-corrected chi connectivity index (χ1v) is 4.87. The molecule has 14 heavy (non-hydrogen) atoms. The fourth-order valence-electron chi connectivity index (χ4n) is 1.49. The summed E-state index contributed by atoms with van der Waals surface area (Å²) in [5.74, 6) is 2.69. The number of hydrogen-bond donors (Lipinski definition) is 1. The van der Waals surface area contributed by atoms with Gasteiger partial charge in [0.2, 0.25) is 0 Å². The van der Waals surface area contributed by atoms with E-state index < -0.39 is 0 Å². The Balaban J connectivity index is 2.95. The summed E-state index contributed by atoms with van der Waals surface area (Å²) in [5, 5.41) is 3.22. The first-order valence-electron chi connectivity index (χ1n) is 4.87. The molecule has 0 aliphatic heterocycles. The Hall–Kier alpha value is -1.26. The van der Waals surface area contributed by atoms with Crippen LogP contribution in [0.5, 0.6) is 0 Å². The Morgan fingerprint density at radius 3 is 2.57 bits per heavy atom. The van der Waals surface area contributed by atoms with Gasteiger partial charge in [0.05, 0.1) is 0 Å². The van der Waals surface area contributed by atoms with Crippen molar-refractivity contribution >= 4 is 0 Å². The third-order valence-corrected chi connectivity index (χ3v) is 2.60. The fraction of sp³-hybridized carbons (Fsp3) is 0.385. The molecule has 1 heteroatoms. The lowest BCUT2D eigenvalue weighted by Gasteiger charge is -2.15. The molecular formula is C13H17N. The molecule has 0 bridgehead atoms. The van der Waals surface area contributed by atoms with Crippen molar-refractivity contribution in [3.63, 3.8) is 0 Å². The summed E-state index contributed by atoms with van der Waals surface area (Å²) >= 11 is 0. The number of benzene rings is 1. The van der Waals surface area contributed by atoms with Crippen LogP contribution in [-0.2, 0) is 0 Å². The molecule has 1 N–H and O–H groups in total. The summed E-state index contributed by atoms with van der Waals surface area (Å²) in [4.78, 5) is 0. The highest BCUT2D eigenvalue weighted by molar-refractivity contribution is 5.32. The van der Waals surface area contributed by atoms with E-state index in [-0.39, 0.29) is 6.04 Å². The second-order valence-corrected chi connectivity index (χ2v) is 3.59. The zero-order valence-corrected chi connectivity index (χ0v) is 9.09. The Bertz CT molecular complexity index is 347. The van der Waals surface area contributed by atoms with Crippen LogP contribution in [-0.4, -0.2) is 7.05 Å².